The Morgan fingerprint density at radius 2 is 0.645 bits per heavy atom. The van der Waals surface area contributed by atoms with Gasteiger partial charge in [-0.05, 0) is 129 Å². The molecule has 0 bridgehead atoms. The Morgan fingerprint density at radius 3 is 1.04 bits per heavy atom. The molecule has 14 aromatic rings. The van der Waals surface area contributed by atoms with Gasteiger partial charge in [-0.25, -0.2) is 0 Å². The van der Waals surface area contributed by atoms with Gasteiger partial charge in [0.05, 0.1) is 22.7 Å². The van der Waals surface area contributed by atoms with Gasteiger partial charge < -0.3 is 18.6 Å². The number of aryl methyl sites for hydroxylation is 2. The fourth-order valence-electron chi connectivity index (χ4n) is 12.1. The topological polar surface area (TPSA) is 32.8 Å². The van der Waals surface area contributed by atoms with Gasteiger partial charge in [-0.3, -0.25) is 0 Å². The molecule has 0 N–H and O–H groups in total. The predicted octanol–water partition coefficient (Wildman–Crippen LogP) is 21.5. The Kier molecular flexibility index (Phi) is 10.6. The van der Waals surface area contributed by atoms with E-state index in [4.69, 9.17) is 8.83 Å². The van der Waals surface area contributed by atoms with Crippen molar-refractivity contribution < 1.29 is 8.83 Å². The highest BCUT2D eigenvalue weighted by Gasteiger charge is 2.27. The quantitative estimate of drug-likeness (QED) is 0.128. The number of nitrogens with zero attached hydrogens (tertiary/aromatic N) is 2. The van der Waals surface area contributed by atoms with E-state index in [1.165, 1.54) is 54.9 Å². The normalized spacial score (nSPS) is 12.1. The van der Waals surface area contributed by atoms with Crippen molar-refractivity contribution in [1.82, 2.24) is 0 Å². The number of hydrogen-bond donors (Lipinski definition) is 0. The molecule has 0 unspecified atom stereocenters. The minimum absolute atomic E-state index is 0.396. The van der Waals surface area contributed by atoms with Crippen molar-refractivity contribution in [1.29, 1.82) is 0 Å². The molecule has 0 aliphatic carbocycles. The lowest BCUT2D eigenvalue weighted by Crippen LogP contribution is -2.12. The van der Waals surface area contributed by atoms with Crippen molar-refractivity contribution in [2.45, 2.75) is 53.4 Å². The van der Waals surface area contributed by atoms with E-state index in [2.05, 4.69) is 270 Å². The molecule has 12 aromatic carbocycles. The zero-order valence-electron chi connectivity index (χ0n) is 43.7. The summed E-state index contributed by atoms with van der Waals surface area (Å²) in [6.45, 7) is 13.4. The predicted molar refractivity (Wildman–Crippen MR) is 323 cm³/mol. The maximum atomic E-state index is 7.21. The molecule has 0 aliphatic rings. The molecule has 0 atom stereocenters. The Labute approximate surface area is 443 Å². The van der Waals surface area contributed by atoms with Crippen LogP contribution in [0.2, 0.25) is 0 Å². The van der Waals surface area contributed by atoms with Crippen LogP contribution in [0.4, 0.5) is 34.1 Å². The largest absolute Gasteiger partial charge is 0.453 e. The van der Waals surface area contributed by atoms with Crippen LogP contribution in [0, 0.1) is 13.8 Å². The van der Waals surface area contributed by atoms with Crippen molar-refractivity contribution >= 4 is 110 Å². The smallest absolute Gasteiger partial charge is 0.159 e. The van der Waals surface area contributed by atoms with Crippen molar-refractivity contribution in [2.75, 3.05) is 9.80 Å². The molecule has 76 heavy (non-hydrogen) atoms. The molecular formula is C72H56N2O2. The highest BCUT2D eigenvalue weighted by atomic mass is 16.3. The Balaban J connectivity index is 1.01. The van der Waals surface area contributed by atoms with Crippen LogP contribution >= 0.6 is 0 Å². The van der Waals surface area contributed by atoms with Crippen molar-refractivity contribution in [3.8, 4) is 22.3 Å². The lowest BCUT2D eigenvalue weighted by molar-refractivity contribution is 0.670. The number of rotatable bonds is 10. The maximum absolute atomic E-state index is 7.21. The van der Waals surface area contributed by atoms with Crippen molar-refractivity contribution in [3.63, 3.8) is 0 Å². The van der Waals surface area contributed by atoms with Gasteiger partial charge in [0, 0.05) is 54.8 Å². The second-order valence-corrected chi connectivity index (χ2v) is 21.3. The fraction of sp³-hybridized carbons (Fsp3) is 0.111. The summed E-state index contributed by atoms with van der Waals surface area (Å²) in [5.74, 6) is 0.792. The Bertz CT molecular complexity index is 4260. The molecule has 0 amide bonds. The minimum Gasteiger partial charge on any atom is -0.453 e. The van der Waals surface area contributed by atoms with E-state index in [1.54, 1.807) is 0 Å². The monoisotopic (exact) mass is 980 g/mol. The summed E-state index contributed by atoms with van der Waals surface area (Å²) in [6.07, 6.45) is 0. The molecule has 0 aliphatic heterocycles. The van der Waals surface area contributed by atoms with E-state index in [9.17, 15) is 0 Å². The molecular weight excluding hydrogens is 925 g/mol. The van der Waals surface area contributed by atoms with Crippen LogP contribution in [0.25, 0.3) is 98.4 Å². The molecule has 366 valence electrons. The third-order valence-corrected chi connectivity index (χ3v) is 16.1. The van der Waals surface area contributed by atoms with E-state index < -0.39 is 0 Å². The maximum Gasteiger partial charge on any atom is 0.159 e. The van der Waals surface area contributed by atoms with Gasteiger partial charge in [-0.2, -0.15) is 0 Å². The molecule has 2 heterocycles. The minimum atomic E-state index is 0.396. The molecule has 14 rings (SSSR count). The first kappa shape index (κ1) is 45.5. The van der Waals surface area contributed by atoms with E-state index in [0.29, 0.717) is 11.8 Å². The van der Waals surface area contributed by atoms with Crippen LogP contribution in [0.3, 0.4) is 0 Å². The highest BCUT2D eigenvalue weighted by Crippen LogP contribution is 2.51. The molecule has 0 radical (unpaired) electrons. The molecule has 4 heteroatoms. The van der Waals surface area contributed by atoms with Gasteiger partial charge >= 0.3 is 0 Å². The van der Waals surface area contributed by atoms with E-state index in [-0.39, 0.29) is 0 Å². The number of benzene rings is 12. The van der Waals surface area contributed by atoms with Crippen LogP contribution in [0.15, 0.2) is 227 Å². The summed E-state index contributed by atoms with van der Waals surface area (Å²) < 4.78 is 14.4. The summed E-state index contributed by atoms with van der Waals surface area (Å²) in [6, 6.07) is 80.1. The summed E-state index contributed by atoms with van der Waals surface area (Å²) >= 11 is 0. The van der Waals surface area contributed by atoms with Crippen molar-refractivity contribution in [3.05, 3.63) is 241 Å². The van der Waals surface area contributed by atoms with Gasteiger partial charge in [0.25, 0.3) is 0 Å². The van der Waals surface area contributed by atoms with Crippen LogP contribution in [0.5, 0.6) is 0 Å². The Hall–Kier alpha value is -9.12. The third kappa shape index (κ3) is 7.12. The van der Waals surface area contributed by atoms with E-state index in [1.807, 2.05) is 0 Å². The molecule has 0 saturated carbocycles. The van der Waals surface area contributed by atoms with Crippen LogP contribution in [-0.4, -0.2) is 0 Å². The van der Waals surface area contributed by atoms with E-state index in [0.717, 1.165) is 99.9 Å². The first-order chi connectivity index (χ1) is 37.2. The van der Waals surface area contributed by atoms with Gasteiger partial charge in [0.15, 0.2) is 11.2 Å². The number of fused-ring (bicyclic) bond motifs is 6. The lowest BCUT2D eigenvalue weighted by Gasteiger charge is -2.29. The highest BCUT2D eigenvalue weighted by molar-refractivity contribution is 6.29. The van der Waals surface area contributed by atoms with Gasteiger partial charge in [-0.1, -0.05) is 198 Å². The lowest BCUT2D eigenvalue weighted by atomic mass is 9.91. The van der Waals surface area contributed by atoms with E-state index >= 15 is 0 Å². The van der Waals surface area contributed by atoms with Crippen LogP contribution in [0.1, 0.15) is 61.8 Å². The second-order valence-electron chi connectivity index (χ2n) is 21.3. The summed E-state index contributed by atoms with van der Waals surface area (Å²) in [4.78, 5) is 4.84. The van der Waals surface area contributed by atoms with Crippen LogP contribution in [-0.2, 0) is 0 Å². The van der Waals surface area contributed by atoms with Gasteiger partial charge in [-0.15, -0.1) is 0 Å². The van der Waals surface area contributed by atoms with Crippen molar-refractivity contribution in [2.24, 2.45) is 0 Å². The Morgan fingerprint density at radius 1 is 0.289 bits per heavy atom. The number of furan rings is 2. The second kappa shape index (κ2) is 17.8. The number of para-hydroxylation sites is 4. The average Bonchev–Trinajstić information content (AvgIpc) is 4.07. The standard InChI is InChI=1S/C72H56N2O2/c1-43(2)47-27-35-51(36-28-47)73(65-25-13-23-59-57-21-11-19-55(69(57)75-71(59)65)53-17-9-7-15-45(53)5)63-41-33-49-32-40-62-64(42-34-50-31-39-61(63)67(49)68(50)62)74(52-37-29-48(30-38-52)44(3)4)66-26-14-24-60-58-22-12-20-56(70(58)76-72(60)66)54-18-10-8-16-46(54)6/h7-44H,1-6H3. The molecule has 4 nitrogen and oxygen atoms in total. The molecule has 2 aromatic heterocycles. The first-order valence-electron chi connectivity index (χ1n) is 26.7. The molecule has 0 spiro atoms. The summed E-state index contributed by atoms with van der Waals surface area (Å²) in [5.41, 5.74) is 19.3. The SMILES string of the molecule is Cc1ccccc1-c1cccc2c1oc1c(N(c3ccc(C(C)C)cc3)c3ccc4ccc5c(N(c6ccc(C(C)C)cc6)c6cccc7c6oc6c(-c8ccccc8C)cccc67)ccc6ccc3c4c65)cccc12. The average molecular weight is 981 g/mol. The summed E-state index contributed by atoms with van der Waals surface area (Å²) in [5, 5.41) is 11.5. The fourth-order valence-corrected chi connectivity index (χ4v) is 12.1. The molecule has 0 saturated heterocycles. The van der Waals surface area contributed by atoms with Gasteiger partial charge in [0.1, 0.15) is 11.2 Å². The van der Waals surface area contributed by atoms with Gasteiger partial charge in [0.2, 0.25) is 0 Å². The third-order valence-electron chi connectivity index (χ3n) is 16.1. The molecule has 0 fully saturated rings. The zero-order chi connectivity index (χ0) is 51.3. The first-order valence-corrected chi connectivity index (χ1v) is 26.7. The summed E-state index contributed by atoms with van der Waals surface area (Å²) in [7, 11) is 0. The number of anilines is 6. The number of hydrogen-bond acceptors (Lipinski definition) is 4. The van der Waals surface area contributed by atoms with Crippen LogP contribution < -0.4 is 9.80 Å². The zero-order valence-corrected chi connectivity index (χ0v) is 43.7.